The first-order chi connectivity index (χ1) is 7.79. The van der Waals surface area contributed by atoms with Crippen molar-refractivity contribution in [3.63, 3.8) is 0 Å². The van der Waals surface area contributed by atoms with E-state index < -0.39 is 0 Å². The number of amides is 1. The smallest absolute Gasteiger partial charge is 0.220 e. The van der Waals surface area contributed by atoms with Gasteiger partial charge < -0.3 is 10.6 Å². The second-order valence-corrected chi connectivity index (χ2v) is 4.87. The zero-order valence-electron chi connectivity index (χ0n) is 10.2. The summed E-state index contributed by atoms with van der Waals surface area (Å²) in [6.45, 7) is 6.49. The maximum atomic E-state index is 11.0. The quantitative estimate of drug-likeness (QED) is 0.614. The summed E-state index contributed by atoms with van der Waals surface area (Å²) in [6.07, 6.45) is 4.46. The van der Waals surface area contributed by atoms with Gasteiger partial charge in [0.2, 0.25) is 5.91 Å². The largest absolute Gasteiger partial charge is 0.352 e. The first-order valence-electron chi connectivity index (χ1n) is 6.53. The van der Waals surface area contributed by atoms with E-state index >= 15 is 0 Å². The topological polar surface area (TPSA) is 44.4 Å². The standard InChI is InChI=1S/C12H23N3O/c1-2-15(11-4-5-11)8-7-13-9-10-3-6-12(16)14-10/h10-11,13H,2-9H2,1H3,(H,14,16). The van der Waals surface area contributed by atoms with Crippen LogP contribution in [0.25, 0.3) is 0 Å². The molecule has 1 aliphatic carbocycles. The number of likely N-dealkylation sites (N-methyl/N-ethyl adjacent to an activating group) is 1. The van der Waals surface area contributed by atoms with Crippen molar-refractivity contribution < 1.29 is 4.79 Å². The van der Waals surface area contributed by atoms with Gasteiger partial charge in [0.25, 0.3) is 0 Å². The van der Waals surface area contributed by atoms with E-state index in [1.54, 1.807) is 0 Å². The molecule has 4 nitrogen and oxygen atoms in total. The van der Waals surface area contributed by atoms with E-state index in [0.29, 0.717) is 12.5 Å². The summed E-state index contributed by atoms with van der Waals surface area (Å²) in [5, 5.41) is 6.41. The lowest BCUT2D eigenvalue weighted by Gasteiger charge is -2.20. The number of carbonyl (C=O) groups excluding carboxylic acids is 1. The number of nitrogens with zero attached hydrogens (tertiary/aromatic N) is 1. The molecule has 1 aliphatic heterocycles. The molecule has 92 valence electrons. The molecule has 4 heteroatoms. The molecule has 2 fully saturated rings. The van der Waals surface area contributed by atoms with Crippen LogP contribution >= 0.6 is 0 Å². The molecule has 1 amide bonds. The van der Waals surface area contributed by atoms with Crippen LogP contribution in [0, 0.1) is 0 Å². The molecule has 2 rings (SSSR count). The molecule has 0 spiro atoms. The molecule has 1 unspecified atom stereocenters. The minimum absolute atomic E-state index is 0.208. The van der Waals surface area contributed by atoms with Crippen LogP contribution in [0.3, 0.4) is 0 Å². The Hall–Kier alpha value is -0.610. The van der Waals surface area contributed by atoms with Gasteiger partial charge in [-0.05, 0) is 25.8 Å². The minimum atomic E-state index is 0.208. The third-order valence-corrected chi connectivity index (χ3v) is 3.52. The fraction of sp³-hybridized carbons (Fsp3) is 0.917. The van der Waals surface area contributed by atoms with Crippen LogP contribution < -0.4 is 10.6 Å². The fourth-order valence-electron chi connectivity index (χ4n) is 2.37. The van der Waals surface area contributed by atoms with E-state index in [2.05, 4.69) is 22.5 Å². The molecule has 2 N–H and O–H groups in total. The molecule has 0 bridgehead atoms. The van der Waals surface area contributed by atoms with E-state index in [1.165, 1.54) is 12.8 Å². The van der Waals surface area contributed by atoms with Crippen molar-refractivity contribution in [2.24, 2.45) is 0 Å². The Morgan fingerprint density at radius 1 is 1.44 bits per heavy atom. The molecule has 0 aromatic carbocycles. The van der Waals surface area contributed by atoms with Crippen molar-refractivity contribution in [1.29, 1.82) is 0 Å². The van der Waals surface area contributed by atoms with Gasteiger partial charge in [0.05, 0.1) is 0 Å². The van der Waals surface area contributed by atoms with Crippen LogP contribution in [0.15, 0.2) is 0 Å². The highest BCUT2D eigenvalue weighted by Gasteiger charge is 2.27. The molecule has 0 radical (unpaired) electrons. The van der Waals surface area contributed by atoms with E-state index in [4.69, 9.17) is 0 Å². The van der Waals surface area contributed by atoms with Crippen molar-refractivity contribution in [1.82, 2.24) is 15.5 Å². The maximum absolute atomic E-state index is 11.0. The molecule has 1 atom stereocenters. The summed E-state index contributed by atoms with van der Waals surface area (Å²) in [7, 11) is 0. The number of nitrogens with one attached hydrogen (secondary N) is 2. The first kappa shape index (κ1) is 11.9. The molecule has 1 saturated carbocycles. The molecule has 1 heterocycles. The second-order valence-electron chi connectivity index (χ2n) is 4.87. The highest BCUT2D eigenvalue weighted by Crippen LogP contribution is 2.25. The predicted octanol–water partition coefficient (Wildman–Crippen LogP) is 0.339. The van der Waals surface area contributed by atoms with Gasteiger partial charge in [0.15, 0.2) is 0 Å². The average molecular weight is 225 g/mol. The van der Waals surface area contributed by atoms with Gasteiger partial charge in [0.1, 0.15) is 0 Å². The average Bonchev–Trinajstić information content (AvgIpc) is 3.03. The van der Waals surface area contributed by atoms with Gasteiger partial charge in [0, 0.05) is 38.1 Å². The van der Waals surface area contributed by atoms with Crippen LogP contribution in [0.1, 0.15) is 32.6 Å². The van der Waals surface area contributed by atoms with Crippen molar-refractivity contribution in [3.8, 4) is 0 Å². The Bertz CT molecular complexity index is 240. The summed E-state index contributed by atoms with van der Waals surface area (Å²) >= 11 is 0. The van der Waals surface area contributed by atoms with Crippen molar-refractivity contribution in [2.75, 3.05) is 26.2 Å². The van der Waals surface area contributed by atoms with Crippen LogP contribution in [0.2, 0.25) is 0 Å². The Morgan fingerprint density at radius 3 is 2.81 bits per heavy atom. The van der Waals surface area contributed by atoms with Crippen molar-refractivity contribution in [3.05, 3.63) is 0 Å². The Labute approximate surface area is 97.8 Å². The molecule has 0 aromatic heterocycles. The van der Waals surface area contributed by atoms with Gasteiger partial charge in [-0.2, -0.15) is 0 Å². The van der Waals surface area contributed by atoms with Gasteiger partial charge in [-0.15, -0.1) is 0 Å². The maximum Gasteiger partial charge on any atom is 0.220 e. The van der Waals surface area contributed by atoms with E-state index in [9.17, 15) is 4.79 Å². The lowest BCUT2D eigenvalue weighted by atomic mass is 10.2. The Morgan fingerprint density at radius 2 is 2.25 bits per heavy atom. The SMILES string of the molecule is CCN(CCNCC1CCC(=O)N1)C1CC1. The zero-order chi connectivity index (χ0) is 11.4. The first-order valence-corrected chi connectivity index (χ1v) is 6.53. The minimum Gasteiger partial charge on any atom is -0.352 e. The van der Waals surface area contributed by atoms with Crippen molar-refractivity contribution >= 4 is 5.91 Å². The molecule has 2 aliphatic rings. The predicted molar refractivity (Wildman–Crippen MR) is 64.3 cm³/mol. The highest BCUT2D eigenvalue weighted by molar-refractivity contribution is 5.78. The highest BCUT2D eigenvalue weighted by atomic mass is 16.1. The van der Waals surface area contributed by atoms with Crippen molar-refractivity contribution in [2.45, 2.75) is 44.7 Å². The molecular weight excluding hydrogens is 202 g/mol. The third-order valence-electron chi connectivity index (χ3n) is 3.52. The van der Waals surface area contributed by atoms with Gasteiger partial charge >= 0.3 is 0 Å². The monoisotopic (exact) mass is 225 g/mol. The number of hydrogen-bond donors (Lipinski definition) is 2. The molecule has 1 saturated heterocycles. The lowest BCUT2D eigenvalue weighted by molar-refractivity contribution is -0.119. The normalized spacial score (nSPS) is 25.1. The summed E-state index contributed by atoms with van der Waals surface area (Å²) in [4.78, 5) is 13.5. The van der Waals surface area contributed by atoms with E-state index in [-0.39, 0.29) is 5.91 Å². The van der Waals surface area contributed by atoms with E-state index in [1.807, 2.05) is 0 Å². The number of rotatable bonds is 7. The van der Waals surface area contributed by atoms with Gasteiger partial charge in [-0.1, -0.05) is 6.92 Å². The second kappa shape index (κ2) is 5.64. The molecular formula is C12H23N3O. The Kier molecular flexibility index (Phi) is 4.18. The fourth-order valence-corrected chi connectivity index (χ4v) is 2.37. The Balaban J connectivity index is 1.52. The summed E-state index contributed by atoms with van der Waals surface area (Å²) in [6, 6.07) is 1.22. The zero-order valence-corrected chi connectivity index (χ0v) is 10.2. The molecule has 16 heavy (non-hydrogen) atoms. The summed E-state index contributed by atoms with van der Waals surface area (Å²) < 4.78 is 0. The summed E-state index contributed by atoms with van der Waals surface area (Å²) in [5.74, 6) is 0.208. The van der Waals surface area contributed by atoms with Gasteiger partial charge in [-0.3, -0.25) is 9.69 Å². The molecule has 0 aromatic rings. The third kappa shape index (κ3) is 3.46. The van der Waals surface area contributed by atoms with E-state index in [0.717, 1.165) is 38.6 Å². The lowest BCUT2D eigenvalue weighted by Crippen LogP contribution is -2.39. The summed E-state index contributed by atoms with van der Waals surface area (Å²) in [5.41, 5.74) is 0. The van der Waals surface area contributed by atoms with Crippen LogP contribution in [0.5, 0.6) is 0 Å². The van der Waals surface area contributed by atoms with Crippen LogP contribution in [-0.2, 0) is 4.79 Å². The van der Waals surface area contributed by atoms with Crippen LogP contribution in [0.4, 0.5) is 0 Å². The van der Waals surface area contributed by atoms with Gasteiger partial charge in [-0.25, -0.2) is 0 Å². The van der Waals surface area contributed by atoms with Crippen LogP contribution in [-0.4, -0.2) is 49.1 Å². The number of hydrogen-bond acceptors (Lipinski definition) is 3. The number of carbonyl (C=O) groups is 1.